The quantitative estimate of drug-likeness (QED) is 0.603. The topological polar surface area (TPSA) is 59.4 Å². The fraction of sp³-hybridized carbons (Fsp3) is 0. The lowest BCUT2D eigenvalue weighted by Crippen LogP contribution is -1.93. The van der Waals surface area contributed by atoms with E-state index in [2.05, 4.69) is 20.3 Å². The molecule has 20 heavy (non-hydrogen) atoms. The zero-order valence-corrected chi connectivity index (χ0v) is 10.6. The fourth-order valence-corrected chi connectivity index (χ4v) is 2.15. The molecule has 2 aromatic carbocycles. The average Bonchev–Trinajstić information content (AvgIpc) is 3.14. The first-order valence-corrected chi connectivity index (χ1v) is 6.33. The third-order valence-electron chi connectivity index (χ3n) is 3.15. The molecule has 2 heterocycles. The van der Waals surface area contributed by atoms with Crippen molar-refractivity contribution in [2.75, 3.05) is 0 Å². The molecule has 0 bridgehead atoms. The van der Waals surface area contributed by atoms with E-state index in [0.717, 1.165) is 28.2 Å². The van der Waals surface area contributed by atoms with Crippen molar-refractivity contribution in [3.05, 3.63) is 60.8 Å². The second-order valence-electron chi connectivity index (χ2n) is 4.49. The Morgan fingerprint density at radius 2 is 1.70 bits per heavy atom. The van der Waals surface area contributed by atoms with E-state index in [-0.39, 0.29) is 0 Å². The van der Waals surface area contributed by atoms with E-state index in [0.29, 0.717) is 0 Å². The maximum absolute atomic E-state index is 4.52. The summed E-state index contributed by atoms with van der Waals surface area (Å²) in [6, 6.07) is 17.8. The number of nitrogens with zero attached hydrogens (tertiary/aromatic N) is 4. The van der Waals surface area contributed by atoms with Gasteiger partial charge in [-0.25, -0.2) is 9.67 Å². The Morgan fingerprint density at radius 3 is 2.55 bits per heavy atom. The highest BCUT2D eigenvalue weighted by Crippen LogP contribution is 2.18. The summed E-state index contributed by atoms with van der Waals surface area (Å²) < 4.78 is 1.74. The summed E-state index contributed by atoms with van der Waals surface area (Å²) in [5, 5.41) is 8.32. The van der Waals surface area contributed by atoms with Crippen LogP contribution in [0.25, 0.3) is 28.2 Å². The van der Waals surface area contributed by atoms with Crippen LogP contribution in [-0.4, -0.2) is 25.0 Å². The van der Waals surface area contributed by atoms with Crippen molar-refractivity contribution in [3.8, 4) is 17.2 Å². The van der Waals surface area contributed by atoms with Gasteiger partial charge in [-0.15, -0.1) is 5.10 Å². The predicted molar refractivity (Wildman–Crippen MR) is 76.4 cm³/mol. The van der Waals surface area contributed by atoms with Crippen LogP contribution in [-0.2, 0) is 0 Å². The molecular formula is C15H11N5. The number of imidazole rings is 1. The Kier molecular flexibility index (Phi) is 2.35. The Bertz CT molecular complexity index is 827. The normalized spacial score (nSPS) is 11.0. The SMILES string of the molecule is c1ccc(-n2cc(-c3nc4ccccc4[nH]3)nn2)cc1. The molecule has 5 nitrogen and oxygen atoms in total. The van der Waals surface area contributed by atoms with Crippen molar-refractivity contribution in [1.29, 1.82) is 0 Å². The highest BCUT2D eigenvalue weighted by atomic mass is 15.4. The number of hydrogen-bond donors (Lipinski definition) is 1. The van der Waals surface area contributed by atoms with Gasteiger partial charge in [-0.1, -0.05) is 35.5 Å². The second-order valence-corrected chi connectivity index (χ2v) is 4.49. The largest absolute Gasteiger partial charge is 0.337 e. The molecule has 0 unspecified atom stereocenters. The van der Waals surface area contributed by atoms with E-state index < -0.39 is 0 Å². The van der Waals surface area contributed by atoms with Gasteiger partial charge in [0.05, 0.1) is 22.9 Å². The van der Waals surface area contributed by atoms with Crippen molar-refractivity contribution >= 4 is 11.0 Å². The number of fused-ring (bicyclic) bond motifs is 1. The van der Waals surface area contributed by atoms with Gasteiger partial charge in [0, 0.05) is 0 Å². The van der Waals surface area contributed by atoms with Gasteiger partial charge in [-0.3, -0.25) is 0 Å². The number of rotatable bonds is 2. The number of benzene rings is 2. The van der Waals surface area contributed by atoms with Gasteiger partial charge in [0.1, 0.15) is 5.69 Å². The first-order valence-electron chi connectivity index (χ1n) is 6.33. The molecule has 5 heteroatoms. The number of aromatic amines is 1. The number of para-hydroxylation sites is 3. The Balaban J connectivity index is 1.78. The van der Waals surface area contributed by atoms with E-state index in [1.807, 2.05) is 60.8 Å². The van der Waals surface area contributed by atoms with Crippen molar-refractivity contribution < 1.29 is 0 Å². The molecule has 0 saturated carbocycles. The van der Waals surface area contributed by atoms with Crippen LogP contribution >= 0.6 is 0 Å². The molecule has 0 radical (unpaired) electrons. The molecule has 0 aliphatic heterocycles. The summed E-state index contributed by atoms with van der Waals surface area (Å²) in [6.07, 6.45) is 1.87. The average molecular weight is 261 g/mol. The molecule has 4 aromatic rings. The van der Waals surface area contributed by atoms with Crippen molar-refractivity contribution in [2.45, 2.75) is 0 Å². The molecule has 1 N–H and O–H groups in total. The summed E-state index contributed by atoms with van der Waals surface area (Å²) in [5.74, 6) is 0.730. The molecule has 2 aromatic heterocycles. The van der Waals surface area contributed by atoms with E-state index in [4.69, 9.17) is 0 Å². The minimum Gasteiger partial charge on any atom is -0.337 e. The summed E-state index contributed by atoms with van der Waals surface area (Å²) >= 11 is 0. The molecule has 0 spiro atoms. The van der Waals surface area contributed by atoms with Gasteiger partial charge in [0.2, 0.25) is 0 Å². The number of nitrogens with one attached hydrogen (secondary N) is 1. The van der Waals surface area contributed by atoms with Crippen LogP contribution in [0.4, 0.5) is 0 Å². The minimum atomic E-state index is 0.727. The van der Waals surface area contributed by atoms with Crippen LogP contribution in [0.3, 0.4) is 0 Å². The Morgan fingerprint density at radius 1 is 0.900 bits per heavy atom. The molecule has 0 aliphatic carbocycles. The van der Waals surface area contributed by atoms with Crippen LogP contribution in [0, 0.1) is 0 Å². The molecule has 0 atom stereocenters. The lowest BCUT2D eigenvalue weighted by molar-refractivity contribution is 0.803. The predicted octanol–water partition coefficient (Wildman–Crippen LogP) is 2.81. The maximum Gasteiger partial charge on any atom is 0.160 e. The summed E-state index contributed by atoms with van der Waals surface area (Å²) in [7, 11) is 0. The molecule has 0 fully saturated rings. The van der Waals surface area contributed by atoms with Crippen molar-refractivity contribution in [3.63, 3.8) is 0 Å². The van der Waals surface area contributed by atoms with E-state index in [9.17, 15) is 0 Å². The number of hydrogen-bond acceptors (Lipinski definition) is 3. The van der Waals surface area contributed by atoms with Gasteiger partial charge in [-0.2, -0.15) is 0 Å². The molecule has 0 aliphatic rings. The first kappa shape index (κ1) is 10.9. The zero-order valence-electron chi connectivity index (χ0n) is 10.6. The van der Waals surface area contributed by atoms with Crippen LogP contribution in [0.1, 0.15) is 0 Å². The molecule has 0 amide bonds. The summed E-state index contributed by atoms with van der Waals surface area (Å²) in [5.41, 5.74) is 3.63. The number of aromatic nitrogens is 5. The standard InChI is InChI=1S/C15H11N5/c1-2-6-11(7-3-1)20-10-14(18-19-20)15-16-12-8-4-5-9-13(12)17-15/h1-10H,(H,16,17). The highest BCUT2D eigenvalue weighted by molar-refractivity contribution is 5.78. The Hall–Kier alpha value is -2.95. The second kappa shape index (κ2) is 4.31. The van der Waals surface area contributed by atoms with E-state index >= 15 is 0 Å². The van der Waals surface area contributed by atoms with Gasteiger partial charge in [0.15, 0.2) is 5.82 Å². The van der Waals surface area contributed by atoms with Crippen LogP contribution in [0.2, 0.25) is 0 Å². The molecule has 96 valence electrons. The fourth-order valence-electron chi connectivity index (χ4n) is 2.15. The van der Waals surface area contributed by atoms with Gasteiger partial charge < -0.3 is 4.98 Å². The summed E-state index contributed by atoms with van der Waals surface area (Å²) in [4.78, 5) is 7.77. The van der Waals surface area contributed by atoms with Crippen LogP contribution in [0.15, 0.2) is 60.8 Å². The molecular weight excluding hydrogens is 250 g/mol. The monoisotopic (exact) mass is 261 g/mol. The smallest absolute Gasteiger partial charge is 0.160 e. The van der Waals surface area contributed by atoms with Crippen LogP contribution in [0.5, 0.6) is 0 Å². The number of H-pyrrole nitrogens is 1. The van der Waals surface area contributed by atoms with Gasteiger partial charge in [-0.05, 0) is 24.3 Å². The van der Waals surface area contributed by atoms with Crippen LogP contribution < -0.4 is 0 Å². The third-order valence-corrected chi connectivity index (χ3v) is 3.15. The van der Waals surface area contributed by atoms with E-state index in [1.54, 1.807) is 4.68 Å². The maximum atomic E-state index is 4.52. The third kappa shape index (κ3) is 1.76. The first-order chi connectivity index (χ1) is 9.90. The molecule has 0 saturated heterocycles. The zero-order chi connectivity index (χ0) is 13.4. The minimum absolute atomic E-state index is 0.727. The van der Waals surface area contributed by atoms with Gasteiger partial charge >= 0.3 is 0 Å². The van der Waals surface area contributed by atoms with Crippen molar-refractivity contribution in [2.24, 2.45) is 0 Å². The lowest BCUT2D eigenvalue weighted by Gasteiger charge is -1.96. The van der Waals surface area contributed by atoms with Crippen molar-refractivity contribution in [1.82, 2.24) is 25.0 Å². The Labute approximate surface area is 114 Å². The summed E-state index contributed by atoms with van der Waals surface area (Å²) in [6.45, 7) is 0. The van der Waals surface area contributed by atoms with E-state index in [1.165, 1.54) is 0 Å². The highest BCUT2D eigenvalue weighted by Gasteiger charge is 2.09. The molecule has 4 rings (SSSR count). The lowest BCUT2D eigenvalue weighted by atomic mass is 10.3. The van der Waals surface area contributed by atoms with Gasteiger partial charge in [0.25, 0.3) is 0 Å².